The molecule has 0 saturated heterocycles. The highest BCUT2D eigenvalue weighted by Crippen LogP contribution is 2.24. The molecule has 0 aliphatic heterocycles. The first-order valence-corrected chi connectivity index (χ1v) is 9.04. The highest BCUT2D eigenvalue weighted by Gasteiger charge is 2.22. The number of fused-ring (bicyclic) bond motifs is 1. The van der Waals surface area contributed by atoms with Gasteiger partial charge in [0.05, 0.1) is 23.1 Å². The minimum absolute atomic E-state index is 0. The molecule has 152 valence electrons. The van der Waals surface area contributed by atoms with E-state index in [9.17, 15) is 4.79 Å². The molecule has 0 saturated carbocycles. The summed E-state index contributed by atoms with van der Waals surface area (Å²) in [7, 11) is 0. The molecule has 3 rings (SSSR count). The molecule has 2 unspecified atom stereocenters. The van der Waals surface area contributed by atoms with E-state index < -0.39 is 6.04 Å². The Balaban J connectivity index is 0.00000196. The predicted octanol–water partition coefficient (Wildman–Crippen LogP) is 4.21. The van der Waals surface area contributed by atoms with Crippen LogP contribution in [0.3, 0.4) is 0 Å². The van der Waals surface area contributed by atoms with Gasteiger partial charge in [-0.2, -0.15) is 0 Å². The van der Waals surface area contributed by atoms with Gasteiger partial charge < -0.3 is 15.6 Å². The average molecular weight is 423 g/mol. The van der Waals surface area contributed by atoms with Crippen LogP contribution in [-0.2, 0) is 11.2 Å². The van der Waals surface area contributed by atoms with Crippen LogP contribution >= 0.6 is 24.8 Å². The molecule has 2 atom stereocenters. The quantitative estimate of drug-likeness (QED) is 0.624. The van der Waals surface area contributed by atoms with Gasteiger partial charge in [0.2, 0.25) is 5.91 Å². The van der Waals surface area contributed by atoms with Gasteiger partial charge in [-0.15, -0.1) is 24.8 Å². The van der Waals surface area contributed by atoms with Crippen molar-refractivity contribution < 1.29 is 4.79 Å². The van der Waals surface area contributed by atoms with E-state index in [0.717, 1.165) is 22.4 Å². The number of carbonyl (C=O) groups is 1. The second-order valence-electron chi connectivity index (χ2n) is 6.95. The SMILES string of the molecule is CC(NC(=O)C(N)Cc1ccccc1)c1nc2ccccc2n1C(C)C.Cl.Cl. The lowest BCUT2D eigenvalue weighted by Gasteiger charge is -2.20. The number of benzene rings is 2. The number of amides is 1. The van der Waals surface area contributed by atoms with E-state index in [4.69, 9.17) is 10.7 Å². The molecule has 0 bridgehead atoms. The Hall–Kier alpha value is -2.08. The minimum Gasteiger partial charge on any atom is -0.345 e. The number of rotatable bonds is 6. The van der Waals surface area contributed by atoms with Crippen LogP contribution in [0.2, 0.25) is 0 Å². The van der Waals surface area contributed by atoms with Crippen LogP contribution in [-0.4, -0.2) is 21.5 Å². The molecule has 0 aliphatic carbocycles. The van der Waals surface area contributed by atoms with Crippen LogP contribution in [0.1, 0.15) is 44.2 Å². The zero-order chi connectivity index (χ0) is 18.7. The lowest BCUT2D eigenvalue weighted by molar-refractivity contribution is -0.123. The van der Waals surface area contributed by atoms with Gasteiger partial charge in [-0.25, -0.2) is 4.98 Å². The minimum atomic E-state index is -0.586. The topological polar surface area (TPSA) is 72.9 Å². The number of para-hydroxylation sites is 2. The Bertz CT molecular complexity index is 896. The largest absolute Gasteiger partial charge is 0.345 e. The van der Waals surface area contributed by atoms with Gasteiger partial charge in [0.15, 0.2) is 0 Å². The average Bonchev–Trinajstić information content (AvgIpc) is 3.02. The number of nitrogens with two attached hydrogens (primary N) is 1. The third-order valence-electron chi connectivity index (χ3n) is 4.52. The maximum Gasteiger partial charge on any atom is 0.237 e. The van der Waals surface area contributed by atoms with Gasteiger partial charge in [0.25, 0.3) is 0 Å². The summed E-state index contributed by atoms with van der Waals surface area (Å²) in [5.74, 6) is 0.685. The van der Waals surface area contributed by atoms with E-state index in [2.05, 4.69) is 29.8 Å². The number of nitrogens with one attached hydrogen (secondary N) is 1. The molecule has 0 spiro atoms. The van der Waals surface area contributed by atoms with Gasteiger partial charge in [0.1, 0.15) is 5.82 Å². The molecular weight excluding hydrogens is 395 g/mol. The standard InChI is InChI=1S/C21H26N4O.2ClH/c1-14(2)25-19-12-8-7-11-18(19)24-20(25)15(3)23-21(26)17(22)13-16-9-5-4-6-10-16;;/h4-12,14-15,17H,13,22H2,1-3H3,(H,23,26);2*1H. The molecule has 7 heteroatoms. The third-order valence-corrected chi connectivity index (χ3v) is 4.52. The molecule has 1 amide bonds. The fourth-order valence-corrected chi connectivity index (χ4v) is 3.26. The van der Waals surface area contributed by atoms with Gasteiger partial charge in [0, 0.05) is 6.04 Å². The van der Waals surface area contributed by atoms with E-state index >= 15 is 0 Å². The Morgan fingerprint density at radius 2 is 1.64 bits per heavy atom. The summed E-state index contributed by atoms with van der Waals surface area (Å²) < 4.78 is 2.17. The Kier molecular flexibility index (Phi) is 8.95. The van der Waals surface area contributed by atoms with Crippen LogP contribution in [0.15, 0.2) is 54.6 Å². The van der Waals surface area contributed by atoms with Crippen molar-refractivity contribution in [3.63, 3.8) is 0 Å². The smallest absolute Gasteiger partial charge is 0.237 e. The number of hydrogen-bond donors (Lipinski definition) is 2. The van der Waals surface area contributed by atoms with E-state index in [1.165, 1.54) is 0 Å². The molecule has 1 heterocycles. The Labute approximate surface area is 178 Å². The van der Waals surface area contributed by atoms with Crippen LogP contribution in [0.5, 0.6) is 0 Å². The zero-order valence-electron chi connectivity index (χ0n) is 16.3. The molecule has 1 aromatic heterocycles. The monoisotopic (exact) mass is 422 g/mol. The van der Waals surface area contributed by atoms with Crippen molar-refractivity contribution >= 4 is 41.8 Å². The Morgan fingerprint density at radius 3 is 2.29 bits per heavy atom. The van der Waals surface area contributed by atoms with Crippen LogP contribution < -0.4 is 11.1 Å². The molecule has 3 N–H and O–H groups in total. The lowest BCUT2D eigenvalue weighted by atomic mass is 10.1. The summed E-state index contributed by atoms with van der Waals surface area (Å²) in [5, 5.41) is 3.03. The lowest BCUT2D eigenvalue weighted by Crippen LogP contribution is -2.43. The fourth-order valence-electron chi connectivity index (χ4n) is 3.26. The van der Waals surface area contributed by atoms with E-state index in [0.29, 0.717) is 6.42 Å². The van der Waals surface area contributed by atoms with Gasteiger partial charge in [-0.1, -0.05) is 42.5 Å². The first-order valence-electron chi connectivity index (χ1n) is 9.04. The van der Waals surface area contributed by atoms with Crippen molar-refractivity contribution in [2.24, 2.45) is 5.73 Å². The number of hydrogen-bond acceptors (Lipinski definition) is 3. The van der Waals surface area contributed by atoms with E-state index in [-0.39, 0.29) is 42.8 Å². The van der Waals surface area contributed by atoms with Crippen molar-refractivity contribution in [3.05, 3.63) is 66.0 Å². The van der Waals surface area contributed by atoms with Crippen LogP contribution in [0, 0.1) is 0 Å². The summed E-state index contributed by atoms with van der Waals surface area (Å²) in [6.45, 7) is 6.19. The highest BCUT2D eigenvalue weighted by molar-refractivity contribution is 5.85. The van der Waals surface area contributed by atoms with Crippen molar-refractivity contribution in [2.75, 3.05) is 0 Å². The van der Waals surface area contributed by atoms with Gasteiger partial charge in [-0.3, -0.25) is 4.79 Å². The maximum absolute atomic E-state index is 12.6. The summed E-state index contributed by atoms with van der Waals surface area (Å²) in [6.07, 6.45) is 0.514. The van der Waals surface area contributed by atoms with Crippen LogP contribution in [0.25, 0.3) is 11.0 Å². The number of nitrogens with zero attached hydrogens (tertiary/aromatic N) is 2. The second kappa shape index (κ2) is 10.5. The molecule has 0 aliphatic rings. The van der Waals surface area contributed by atoms with Crippen molar-refractivity contribution in [2.45, 2.75) is 45.3 Å². The molecular formula is C21H28Cl2N4O. The summed E-state index contributed by atoms with van der Waals surface area (Å²) in [5.41, 5.74) is 9.17. The molecule has 5 nitrogen and oxygen atoms in total. The van der Waals surface area contributed by atoms with E-state index in [1.807, 2.05) is 55.5 Å². The first kappa shape index (κ1) is 24.0. The molecule has 3 aromatic rings. The molecule has 2 aromatic carbocycles. The number of aromatic nitrogens is 2. The number of halogens is 2. The van der Waals surface area contributed by atoms with Crippen molar-refractivity contribution in [1.29, 1.82) is 0 Å². The fraction of sp³-hybridized carbons (Fsp3) is 0.333. The first-order chi connectivity index (χ1) is 12.5. The summed E-state index contributed by atoms with van der Waals surface area (Å²) >= 11 is 0. The second-order valence-corrected chi connectivity index (χ2v) is 6.95. The van der Waals surface area contributed by atoms with E-state index in [1.54, 1.807) is 0 Å². The van der Waals surface area contributed by atoms with Crippen LogP contribution in [0.4, 0.5) is 0 Å². The molecule has 0 fully saturated rings. The molecule has 0 radical (unpaired) electrons. The normalized spacial score (nSPS) is 12.8. The number of imidazole rings is 1. The number of carbonyl (C=O) groups excluding carboxylic acids is 1. The molecule has 28 heavy (non-hydrogen) atoms. The summed E-state index contributed by atoms with van der Waals surface area (Å²) in [6, 6.07) is 17.3. The van der Waals surface area contributed by atoms with Gasteiger partial charge in [-0.05, 0) is 44.9 Å². The Morgan fingerprint density at radius 1 is 1.04 bits per heavy atom. The zero-order valence-corrected chi connectivity index (χ0v) is 18.0. The predicted molar refractivity (Wildman–Crippen MR) is 119 cm³/mol. The summed E-state index contributed by atoms with van der Waals surface area (Å²) in [4.78, 5) is 17.3. The maximum atomic E-state index is 12.6. The third kappa shape index (κ3) is 5.25. The highest BCUT2D eigenvalue weighted by atomic mass is 35.5. The van der Waals surface area contributed by atoms with Crippen molar-refractivity contribution in [3.8, 4) is 0 Å². The van der Waals surface area contributed by atoms with Crippen molar-refractivity contribution in [1.82, 2.24) is 14.9 Å². The van der Waals surface area contributed by atoms with Gasteiger partial charge >= 0.3 is 0 Å².